The summed E-state index contributed by atoms with van der Waals surface area (Å²) in [5.74, 6) is -0.0948. The first-order valence-electron chi connectivity index (χ1n) is 2.76. The summed E-state index contributed by atoms with van der Waals surface area (Å²) in [7, 11) is 0. The van der Waals surface area contributed by atoms with Gasteiger partial charge in [0.2, 0.25) is 0 Å². The predicted molar refractivity (Wildman–Crippen MR) is 51.6 cm³/mol. The van der Waals surface area contributed by atoms with Crippen LogP contribution in [-0.4, -0.2) is 5.78 Å². The van der Waals surface area contributed by atoms with Crippen molar-refractivity contribution in [2.24, 2.45) is 0 Å². The lowest BCUT2D eigenvalue weighted by molar-refractivity contribution is 0.105. The van der Waals surface area contributed by atoms with Gasteiger partial charge in [-0.25, -0.2) is 0 Å². The van der Waals surface area contributed by atoms with Crippen molar-refractivity contribution in [2.75, 3.05) is 0 Å². The molecule has 0 aliphatic heterocycles. The van der Waals surface area contributed by atoms with Crippen molar-refractivity contribution >= 4 is 44.7 Å². The average molecular weight is 252 g/mol. The fraction of sp³-hybridized carbons (Fsp3) is 0. The maximum absolute atomic E-state index is 11.0. The highest BCUT2D eigenvalue weighted by Crippen LogP contribution is 2.32. The van der Waals surface area contributed by atoms with E-state index in [1.807, 2.05) is 0 Å². The van der Waals surface area contributed by atoms with Gasteiger partial charge in [-0.3, -0.25) is 4.79 Å². The standard InChI is InChI=1S/C7H4BrClOS/c1-2-5(10)6-3-4(8)7(9)11-6/h2-3H,1H2. The third-order valence-corrected chi connectivity index (χ3v) is 3.56. The van der Waals surface area contributed by atoms with Gasteiger partial charge in [0.1, 0.15) is 4.34 Å². The number of hydrogen-bond donors (Lipinski definition) is 0. The van der Waals surface area contributed by atoms with Crippen LogP contribution in [0.15, 0.2) is 23.2 Å². The van der Waals surface area contributed by atoms with Crippen molar-refractivity contribution in [3.05, 3.63) is 32.4 Å². The molecule has 1 rings (SSSR count). The zero-order valence-corrected chi connectivity index (χ0v) is 8.59. The van der Waals surface area contributed by atoms with Crippen molar-refractivity contribution < 1.29 is 4.79 Å². The Kier molecular flexibility index (Phi) is 2.87. The quantitative estimate of drug-likeness (QED) is 0.580. The molecule has 1 heterocycles. The Bertz CT molecular complexity index is 286. The van der Waals surface area contributed by atoms with E-state index >= 15 is 0 Å². The summed E-state index contributed by atoms with van der Waals surface area (Å²) in [6.07, 6.45) is 1.27. The molecular formula is C7H4BrClOS. The summed E-state index contributed by atoms with van der Waals surface area (Å²) in [6, 6.07) is 1.69. The summed E-state index contributed by atoms with van der Waals surface area (Å²) in [5.41, 5.74) is 0. The van der Waals surface area contributed by atoms with Crippen LogP contribution in [0.1, 0.15) is 9.67 Å². The van der Waals surface area contributed by atoms with Crippen molar-refractivity contribution in [2.45, 2.75) is 0 Å². The zero-order valence-electron chi connectivity index (χ0n) is 5.43. The summed E-state index contributed by atoms with van der Waals surface area (Å²) in [5, 5.41) is 0. The first-order valence-corrected chi connectivity index (χ1v) is 4.75. The van der Waals surface area contributed by atoms with Gasteiger partial charge in [0.05, 0.1) is 4.88 Å². The highest BCUT2D eigenvalue weighted by molar-refractivity contribution is 9.10. The Morgan fingerprint density at radius 2 is 2.45 bits per heavy atom. The van der Waals surface area contributed by atoms with Crippen LogP contribution in [0, 0.1) is 0 Å². The van der Waals surface area contributed by atoms with E-state index in [1.165, 1.54) is 17.4 Å². The number of carbonyl (C=O) groups excluding carboxylic acids is 1. The smallest absolute Gasteiger partial charge is 0.195 e. The molecule has 0 saturated carbocycles. The van der Waals surface area contributed by atoms with Crippen LogP contribution in [0.25, 0.3) is 0 Å². The maximum Gasteiger partial charge on any atom is 0.195 e. The predicted octanol–water partition coefficient (Wildman–Crippen LogP) is 3.53. The average Bonchev–Trinajstić information content (AvgIpc) is 2.31. The number of rotatable bonds is 2. The lowest BCUT2D eigenvalue weighted by Crippen LogP contribution is -1.86. The van der Waals surface area contributed by atoms with Gasteiger partial charge in [-0.2, -0.15) is 0 Å². The lowest BCUT2D eigenvalue weighted by Gasteiger charge is -1.82. The van der Waals surface area contributed by atoms with Gasteiger partial charge in [-0.15, -0.1) is 11.3 Å². The maximum atomic E-state index is 11.0. The van der Waals surface area contributed by atoms with E-state index < -0.39 is 0 Å². The fourth-order valence-electron chi connectivity index (χ4n) is 0.569. The molecule has 0 amide bonds. The van der Waals surface area contributed by atoms with Crippen LogP contribution < -0.4 is 0 Å². The SMILES string of the molecule is C=CC(=O)c1cc(Br)c(Cl)s1. The van der Waals surface area contributed by atoms with Gasteiger partial charge in [0.25, 0.3) is 0 Å². The number of thiophene rings is 1. The Morgan fingerprint density at radius 1 is 1.82 bits per heavy atom. The van der Waals surface area contributed by atoms with E-state index in [9.17, 15) is 4.79 Å². The number of halogens is 2. The highest BCUT2D eigenvalue weighted by Gasteiger charge is 2.08. The Hall–Kier alpha value is -0.120. The van der Waals surface area contributed by atoms with Crippen LogP contribution in [0.3, 0.4) is 0 Å². The minimum Gasteiger partial charge on any atom is -0.288 e. The third kappa shape index (κ3) is 1.92. The largest absolute Gasteiger partial charge is 0.288 e. The van der Waals surface area contributed by atoms with Crippen molar-refractivity contribution in [1.29, 1.82) is 0 Å². The molecule has 0 aliphatic carbocycles. The topological polar surface area (TPSA) is 17.1 Å². The number of allylic oxidation sites excluding steroid dienone is 1. The van der Waals surface area contributed by atoms with Gasteiger partial charge < -0.3 is 0 Å². The van der Waals surface area contributed by atoms with Crippen molar-refractivity contribution in [3.8, 4) is 0 Å². The molecule has 58 valence electrons. The fourth-order valence-corrected chi connectivity index (χ4v) is 2.21. The molecule has 0 aliphatic rings. The van der Waals surface area contributed by atoms with Gasteiger partial charge >= 0.3 is 0 Å². The molecule has 4 heteroatoms. The summed E-state index contributed by atoms with van der Waals surface area (Å²) < 4.78 is 1.35. The molecule has 1 nitrogen and oxygen atoms in total. The number of carbonyl (C=O) groups is 1. The molecule has 0 bridgehead atoms. The van der Waals surface area contributed by atoms with Gasteiger partial charge in [0.15, 0.2) is 5.78 Å². The van der Waals surface area contributed by atoms with Crippen molar-refractivity contribution in [3.63, 3.8) is 0 Å². The summed E-state index contributed by atoms with van der Waals surface area (Å²) >= 11 is 10.2. The molecule has 1 aromatic heterocycles. The minimum atomic E-state index is -0.0948. The second-order valence-corrected chi connectivity index (χ2v) is 4.31. The van der Waals surface area contributed by atoms with Crippen LogP contribution >= 0.6 is 38.9 Å². The normalized spacial score (nSPS) is 9.64. The molecule has 0 spiro atoms. The highest BCUT2D eigenvalue weighted by atomic mass is 79.9. The Labute approximate surface area is 81.8 Å². The van der Waals surface area contributed by atoms with Crippen LogP contribution in [0.4, 0.5) is 0 Å². The first kappa shape index (κ1) is 8.97. The molecule has 0 aromatic carbocycles. The van der Waals surface area contributed by atoms with Gasteiger partial charge in [0, 0.05) is 4.47 Å². The summed E-state index contributed by atoms with van der Waals surface area (Å²) in [4.78, 5) is 11.6. The second kappa shape index (κ2) is 3.52. The van der Waals surface area contributed by atoms with Gasteiger partial charge in [-0.05, 0) is 28.1 Å². The van der Waals surface area contributed by atoms with E-state index in [4.69, 9.17) is 11.6 Å². The monoisotopic (exact) mass is 250 g/mol. The van der Waals surface area contributed by atoms with E-state index in [-0.39, 0.29) is 5.78 Å². The number of ketones is 1. The van der Waals surface area contributed by atoms with Crippen LogP contribution in [0.2, 0.25) is 4.34 Å². The minimum absolute atomic E-state index is 0.0948. The van der Waals surface area contributed by atoms with Crippen LogP contribution in [-0.2, 0) is 0 Å². The zero-order chi connectivity index (χ0) is 8.43. The van der Waals surface area contributed by atoms with E-state index in [0.29, 0.717) is 9.21 Å². The molecule has 0 atom stereocenters. The molecule has 0 radical (unpaired) electrons. The van der Waals surface area contributed by atoms with Crippen molar-refractivity contribution in [1.82, 2.24) is 0 Å². The molecule has 0 saturated heterocycles. The Morgan fingerprint density at radius 3 is 2.82 bits per heavy atom. The van der Waals surface area contributed by atoms with Gasteiger partial charge in [-0.1, -0.05) is 18.2 Å². The number of hydrogen-bond acceptors (Lipinski definition) is 2. The van der Waals surface area contributed by atoms with Crippen LogP contribution in [0.5, 0.6) is 0 Å². The molecule has 11 heavy (non-hydrogen) atoms. The first-order chi connectivity index (χ1) is 5.15. The van der Waals surface area contributed by atoms with E-state index in [0.717, 1.165) is 4.47 Å². The Balaban J connectivity index is 3.06. The third-order valence-electron chi connectivity index (χ3n) is 1.07. The van der Waals surface area contributed by atoms with E-state index in [2.05, 4.69) is 22.5 Å². The molecule has 0 fully saturated rings. The molecular weight excluding hydrogens is 248 g/mol. The molecule has 0 unspecified atom stereocenters. The summed E-state index contributed by atoms with van der Waals surface area (Å²) in [6.45, 7) is 3.37. The molecule has 0 N–H and O–H groups in total. The van der Waals surface area contributed by atoms with E-state index in [1.54, 1.807) is 6.07 Å². The second-order valence-electron chi connectivity index (χ2n) is 1.80. The lowest BCUT2D eigenvalue weighted by atomic mass is 10.3. The molecule has 1 aromatic rings.